The van der Waals surface area contributed by atoms with Crippen molar-refractivity contribution in [2.75, 3.05) is 19.6 Å². The summed E-state index contributed by atoms with van der Waals surface area (Å²) in [4.78, 5) is 2.29. The van der Waals surface area contributed by atoms with Gasteiger partial charge in [0.15, 0.2) is 0 Å². The van der Waals surface area contributed by atoms with E-state index in [2.05, 4.69) is 34.7 Å². The number of hydrogen-bond donors (Lipinski definition) is 3. The van der Waals surface area contributed by atoms with Gasteiger partial charge in [0.25, 0.3) is 0 Å². The van der Waals surface area contributed by atoms with Crippen LogP contribution in [0.1, 0.15) is 49.5 Å². The van der Waals surface area contributed by atoms with E-state index in [9.17, 15) is 15.3 Å². The Labute approximate surface area is 182 Å². The Hall–Kier alpha value is -2.54. The molecule has 2 aromatic carbocycles. The van der Waals surface area contributed by atoms with Crippen molar-refractivity contribution >= 4 is 10.9 Å². The number of aryl methyl sites for hydroxylation is 1. The van der Waals surface area contributed by atoms with E-state index in [0.717, 1.165) is 48.9 Å². The molecule has 0 amide bonds. The minimum absolute atomic E-state index is 0.144. The molecule has 2 aliphatic rings. The number of nitrogens with zero attached hydrogens (tertiary/aromatic N) is 2. The van der Waals surface area contributed by atoms with Crippen molar-refractivity contribution in [1.29, 1.82) is 0 Å². The fraction of sp³-hybridized carbons (Fsp3) is 0.440. The Morgan fingerprint density at radius 2 is 1.94 bits per heavy atom. The Morgan fingerprint density at radius 3 is 2.71 bits per heavy atom. The van der Waals surface area contributed by atoms with Gasteiger partial charge in [-0.05, 0) is 44.0 Å². The van der Waals surface area contributed by atoms with Gasteiger partial charge in [-0.3, -0.25) is 0 Å². The average Bonchev–Trinajstić information content (AvgIpc) is 3.15. The van der Waals surface area contributed by atoms with Crippen LogP contribution < -0.4 is 4.74 Å². The molecule has 0 saturated carbocycles. The maximum Gasteiger partial charge on any atom is 0.126 e. The van der Waals surface area contributed by atoms with Crippen molar-refractivity contribution in [1.82, 2.24) is 9.47 Å². The van der Waals surface area contributed by atoms with Crippen LogP contribution in [0, 0.1) is 0 Å². The number of rotatable bonds is 4. The minimum Gasteiger partial charge on any atom is -0.508 e. The van der Waals surface area contributed by atoms with Gasteiger partial charge in [-0.1, -0.05) is 18.2 Å². The van der Waals surface area contributed by atoms with E-state index in [0.29, 0.717) is 24.3 Å². The molecule has 3 aromatic rings. The Kier molecular flexibility index (Phi) is 5.16. The lowest BCUT2D eigenvalue weighted by Gasteiger charge is -2.46. The van der Waals surface area contributed by atoms with Crippen LogP contribution in [0.15, 0.2) is 48.7 Å². The number of phenolic OH excluding ortho intramolecular Hbond substituents is 1. The standard InChI is InChI=1S/C25H30N2O4/c1-2-27-15-20(18-5-3-4-6-21(18)27)23(30)16-26-11-9-25(10-12-26)14-22(29)19-13-17(28)7-8-24(19)31-25/h3-8,13,15,22-23,28-30H,2,9-12,14,16H2,1H3/t22-,23-/m0/s1. The SMILES string of the molecule is CCn1cc([C@@H](O)CN2CCC3(CC2)C[C@H](O)c2cc(O)ccc2O3)c2ccccc21. The summed E-state index contributed by atoms with van der Waals surface area (Å²) in [7, 11) is 0. The molecule has 3 heterocycles. The minimum atomic E-state index is -0.631. The predicted molar refractivity (Wildman–Crippen MR) is 119 cm³/mol. The molecule has 6 heteroatoms. The third-order valence-corrected chi connectivity index (χ3v) is 6.96. The van der Waals surface area contributed by atoms with Gasteiger partial charge in [0, 0.05) is 60.8 Å². The second-order valence-electron chi connectivity index (χ2n) is 8.93. The fourth-order valence-electron chi connectivity index (χ4n) is 5.22. The molecule has 1 aromatic heterocycles. The highest BCUT2D eigenvalue weighted by Crippen LogP contribution is 2.45. The highest BCUT2D eigenvalue weighted by molar-refractivity contribution is 5.84. The zero-order valence-corrected chi connectivity index (χ0v) is 17.9. The van der Waals surface area contributed by atoms with E-state index in [4.69, 9.17) is 4.74 Å². The number of hydrogen-bond acceptors (Lipinski definition) is 5. The normalized spacial score (nSPS) is 21.7. The van der Waals surface area contributed by atoms with Gasteiger partial charge in [-0.25, -0.2) is 0 Å². The Morgan fingerprint density at radius 1 is 1.16 bits per heavy atom. The molecule has 5 rings (SSSR count). The maximum atomic E-state index is 11.0. The van der Waals surface area contributed by atoms with Crippen LogP contribution in [0.3, 0.4) is 0 Å². The maximum absolute atomic E-state index is 11.0. The van der Waals surface area contributed by atoms with Crippen LogP contribution in [0.25, 0.3) is 10.9 Å². The second-order valence-corrected chi connectivity index (χ2v) is 8.93. The summed E-state index contributed by atoms with van der Waals surface area (Å²) >= 11 is 0. The van der Waals surface area contributed by atoms with Gasteiger partial charge in [-0.15, -0.1) is 0 Å². The summed E-state index contributed by atoms with van der Waals surface area (Å²) in [5, 5.41) is 32.5. The van der Waals surface area contributed by atoms with Crippen LogP contribution in [0.5, 0.6) is 11.5 Å². The number of para-hydroxylation sites is 1. The number of ether oxygens (including phenoxy) is 1. The number of piperidine rings is 1. The zero-order valence-electron chi connectivity index (χ0n) is 17.9. The van der Waals surface area contributed by atoms with E-state index in [1.165, 1.54) is 0 Å². The molecule has 31 heavy (non-hydrogen) atoms. The number of β-amino-alcohol motifs (C(OH)–C–C–N with tert-alkyl or cyclic N) is 1. The molecule has 0 unspecified atom stereocenters. The number of aliphatic hydroxyl groups excluding tert-OH is 2. The lowest BCUT2D eigenvalue weighted by atomic mass is 9.81. The molecule has 1 saturated heterocycles. The average molecular weight is 423 g/mol. The van der Waals surface area contributed by atoms with Gasteiger partial charge in [-0.2, -0.15) is 0 Å². The smallest absolute Gasteiger partial charge is 0.126 e. The number of aromatic hydroxyl groups is 1. The number of aliphatic hydroxyl groups is 2. The topological polar surface area (TPSA) is 78.1 Å². The molecule has 164 valence electrons. The number of phenols is 1. The number of benzene rings is 2. The summed E-state index contributed by atoms with van der Waals surface area (Å²) in [5.74, 6) is 0.808. The molecule has 1 spiro atoms. The molecule has 0 radical (unpaired) electrons. The van der Waals surface area contributed by atoms with Crippen LogP contribution in [0.2, 0.25) is 0 Å². The number of aromatic nitrogens is 1. The first kappa shape index (κ1) is 20.4. The van der Waals surface area contributed by atoms with Crippen LogP contribution in [-0.2, 0) is 6.54 Å². The highest BCUT2D eigenvalue weighted by atomic mass is 16.5. The summed E-state index contributed by atoms with van der Waals surface area (Å²) in [6.45, 7) is 5.19. The van der Waals surface area contributed by atoms with Crippen LogP contribution in [0.4, 0.5) is 0 Å². The van der Waals surface area contributed by atoms with E-state index in [1.54, 1.807) is 18.2 Å². The summed E-state index contributed by atoms with van der Waals surface area (Å²) in [6, 6.07) is 13.2. The predicted octanol–water partition coefficient (Wildman–Crippen LogP) is 3.75. The third kappa shape index (κ3) is 3.69. The monoisotopic (exact) mass is 422 g/mol. The van der Waals surface area contributed by atoms with Gasteiger partial charge in [0.05, 0.1) is 12.2 Å². The van der Waals surface area contributed by atoms with Gasteiger partial charge >= 0.3 is 0 Å². The van der Waals surface area contributed by atoms with Crippen LogP contribution in [-0.4, -0.2) is 50.0 Å². The fourth-order valence-corrected chi connectivity index (χ4v) is 5.22. The van der Waals surface area contributed by atoms with E-state index in [1.807, 2.05) is 12.1 Å². The summed E-state index contributed by atoms with van der Waals surface area (Å²) in [6.07, 6.45) is 3.03. The van der Waals surface area contributed by atoms with Crippen molar-refractivity contribution in [3.8, 4) is 11.5 Å². The highest BCUT2D eigenvalue weighted by Gasteiger charge is 2.43. The van der Waals surface area contributed by atoms with Crippen LogP contribution >= 0.6 is 0 Å². The lowest BCUT2D eigenvalue weighted by molar-refractivity contribution is -0.0588. The summed E-state index contributed by atoms with van der Waals surface area (Å²) in [5.41, 5.74) is 2.42. The van der Waals surface area contributed by atoms with Gasteiger partial charge in [0.2, 0.25) is 0 Å². The third-order valence-electron chi connectivity index (χ3n) is 6.96. The molecule has 2 atom stereocenters. The van der Waals surface area contributed by atoms with Crippen molar-refractivity contribution in [3.05, 3.63) is 59.8 Å². The van der Waals surface area contributed by atoms with Crippen molar-refractivity contribution in [2.45, 2.75) is 50.5 Å². The van der Waals surface area contributed by atoms with E-state index < -0.39 is 12.2 Å². The molecule has 1 fully saturated rings. The van der Waals surface area contributed by atoms with E-state index >= 15 is 0 Å². The largest absolute Gasteiger partial charge is 0.508 e. The Bertz CT molecular complexity index is 1080. The quantitative estimate of drug-likeness (QED) is 0.597. The molecule has 2 aliphatic heterocycles. The molecule has 6 nitrogen and oxygen atoms in total. The molecular weight excluding hydrogens is 392 g/mol. The Balaban J connectivity index is 1.27. The first-order valence-electron chi connectivity index (χ1n) is 11.2. The summed E-state index contributed by atoms with van der Waals surface area (Å²) < 4.78 is 8.52. The molecule has 0 aliphatic carbocycles. The second kappa shape index (κ2) is 7.86. The van der Waals surface area contributed by atoms with Crippen molar-refractivity contribution < 1.29 is 20.1 Å². The van der Waals surface area contributed by atoms with Crippen molar-refractivity contribution in [2.24, 2.45) is 0 Å². The van der Waals surface area contributed by atoms with Gasteiger partial charge in [0.1, 0.15) is 17.1 Å². The number of likely N-dealkylation sites (tertiary alicyclic amines) is 1. The molecule has 0 bridgehead atoms. The number of fused-ring (bicyclic) bond motifs is 2. The first-order chi connectivity index (χ1) is 15.0. The molecule has 3 N–H and O–H groups in total. The molecular formula is C25H30N2O4. The zero-order chi connectivity index (χ0) is 21.6. The van der Waals surface area contributed by atoms with Crippen molar-refractivity contribution in [3.63, 3.8) is 0 Å². The first-order valence-corrected chi connectivity index (χ1v) is 11.2. The lowest BCUT2D eigenvalue weighted by Crippen LogP contribution is -2.51. The van der Waals surface area contributed by atoms with E-state index in [-0.39, 0.29) is 11.4 Å². The van der Waals surface area contributed by atoms with Gasteiger partial charge < -0.3 is 29.5 Å².